The number of esters is 1. The SMILES string of the molecule is C=COC(=O)N1CCC(C(C)C(=O)OCC)C(CCC)C1. The number of piperidine rings is 1. The van der Waals surface area contributed by atoms with Crippen LogP contribution in [0.2, 0.25) is 0 Å². The lowest BCUT2D eigenvalue weighted by molar-refractivity contribution is -0.150. The van der Waals surface area contributed by atoms with Crippen molar-refractivity contribution in [3.8, 4) is 0 Å². The van der Waals surface area contributed by atoms with E-state index in [2.05, 4.69) is 13.5 Å². The lowest BCUT2D eigenvalue weighted by Gasteiger charge is -2.39. The van der Waals surface area contributed by atoms with Crippen molar-refractivity contribution in [2.45, 2.75) is 40.0 Å². The van der Waals surface area contributed by atoms with Gasteiger partial charge in [0.05, 0.1) is 18.8 Å². The van der Waals surface area contributed by atoms with E-state index in [0.29, 0.717) is 25.6 Å². The van der Waals surface area contributed by atoms with Crippen LogP contribution in [0.25, 0.3) is 0 Å². The Morgan fingerprint density at radius 1 is 1.43 bits per heavy atom. The Morgan fingerprint density at radius 2 is 2.14 bits per heavy atom. The zero-order valence-corrected chi connectivity index (χ0v) is 13.3. The predicted molar refractivity (Wildman–Crippen MR) is 80.6 cm³/mol. The molecule has 5 heteroatoms. The summed E-state index contributed by atoms with van der Waals surface area (Å²) in [6.45, 7) is 10.9. The summed E-state index contributed by atoms with van der Waals surface area (Å²) in [5.41, 5.74) is 0. The van der Waals surface area contributed by atoms with Crippen LogP contribution in [0, 0.1) is 17.8 Å². The molecule has 0 spiro atoms. The topological polar surface area (TPSA) is 55.8 Å². The summed E-state index contributed by atoms with van der Waals surface area (Å²) in [5.74, 6) is 0.307. The molecule has 1 aliphatic heterocycles. The molecule has 3 atom stereocenters. The van der Waals surface area contributed by atoms with Crippen molar-refractivity contribution in [1.82, 2.24) is 4.90 Å². The van der Waals surface area contributed by atoms with E-state index in [1.165, 1.54) is 0 Å². The van der Waals surface area contributed by atoms with Gasteiger partial charge in [-0.15, -0.1) is 0 Å². The van der Waals surface area contributed by atoms with E-state index in [4.69, 9.17) is 9.47 Å². The van der Waals surface area contributed by atoms with Crippen molar-refractivity contribution in [2.75, 3.05) is 19.7 Å². The van der Waals surface area contributed by atoms with Gasteiger partial charge in [-0.3, -0.25) is 4.79 Å². The van der Waals surface area contributed by atoms with Crippen LogP contribution in [0.4, 0.5) is 4.79 Å². The van der Waals surface area contributed by atoms with Gasteiger partial charge >= 0.3 is 12.1 Å². The van der Waals surface area contributed by atoms with E-state index in [1.54, 1.807) is 4.90 Å². The Balaban J connectivity index is 2.71. The number of hydrogen-bond acceptors (Lipinski definition) is 4. The van der Waals surface area contributed by atoms with E-state index in [0.717, 1.165) is 25.5 Å². The van der Waals surface area contributed by atoms with Crippen LogP contribution in [0.1, 0.15) is 40.0 Å². The highest BCUT2D eigenvalue weighted by atomic mass is 16.5. The molecule has 0 aliphatic carbocycles. The van der Waals surface area contributed by atoms with E-state index >= 15 is 0 Å². The van der Waals surface area contributed by atoms with Gasteiger partial charge in [0.2, 0.25) is 0 Å². The molecule has 120 valence electrons. The molecule has 1 saturated heterocycles. The standard InChI is InChI=1S/C16H27NO4/c1-5-8-13-11-17(16(19)21-7-3)10-9-14(13)12(4)15(18)20-6-2/h7,12-14H,3,5-6,8-11H2,1-2,4H3. The third-order valence-electron chi connectivity index (χ3n) is 4.20. The van der Waals surface area contributed by atoms with Gasteiger partial charge in [0.15, 0.2) is 0 Å². The summed E-state index contributed by atoms with van der Waals surface area (Å²) >= 11 is 0. The van der Waals surface area contributed by atoms with Crippen LogP contribution >= 0.6 is 0 Å². The Labute approximate surface area is 127 Å². The fourth-order valence-electron chi connectivity index (χ4n) is 3.14. The maximum Gasteiger partial charge on any atom is 0.414 e. The summed E-state index contributed by atoms with van der Waals surface area (Å²) in [7, 11) is 0. The molecule has 0 saturated carbocycles. The van der Waals surface area contributed by atoms with Crippen LogP contribution < -0.4 is 0 Å². The minimum absolute atomic E-state index is 0.126. The van der Waals surface area contributed by atoms with E-state index in [1.807, 2.05) is 13.8 Å². The van der Waals surface area contributed by atoms with Gasteiger partial charge < -0.3 is 14.4 Å². The Kier molecular flexibility index (Phi) is 7.26. The van der Waals surface area contributed by atoms with Crippen molar-refractivity contribution >= 4 is 12.1 Å². The molecule has 0 bridgehead atoms. The molecule has 1 heterocycles. The zero-order valence-electron chi connectivity index (χ0n) is 13.3. The lowest BCUT2D eigenvalue weighted by atomic mass is 9.75. The average molecular weight is 297 g/mol. The number of carbonyl (C=O) groups excluding carboxylic acids is 2. The van der Waals surface area contributed by atoms with Gasteiger partial charge in [-0.05, 0) is 31.6 Å². The number of carbonyl (C=O) groups is 2. The first-order valence-corrected chi connectivity index (χ1v) is 7.78. The largest absolute Gasteiger partial charge is 0.466 e. The molecule has 1 fully saturated rings. The van der Waals surface area contributed by atoms with Gasteiger partial charge in [0, 0.05) is 13.1 Å². The molecule has 0 aromatic rings. The first kappa shape index (κ1) is 17.5. The molecular weight excluding hydrogens is 270 g/mol. The van der Waals surface area contributed by atoms with Crippen LogP contribution in [0.5, 0.6) is 0 Å². The summed E-state index contributed by atoms with van der Waals surface area (Å²) in [5, 5.41) is 0. The fourth-order valence-corrected chi connectivity index (χ4v) is 3.14. The van der Waals surface area contributed by atoms with Crippen molar-refractivity contribution in [3.63, 3.8) is 0 Å². The quantitative estimate of drug-likeness (QED) is 0.558. The third kappa shape index (κ3) is 4.76. The second kappa shape index (κ2) is 8.70. The molecule has 21 heavy (non-hydrogen) atoms. The Hall–Kier alpha value is -1.52. The Bertz CT molecular complexity index is 369. The van der Waals surface area contributed by atoms with Crippen molar-refractivity contribution in [2.24, 2.45) is 17.8 Å². The normalized spacial score (nSPS) is 23.3. The number of rotatable bonds is 6. The molecule has 3 unspecified atom stereocenters. The minimum Gasteiger partial charge on any atom is -0.466 e. The highest BCUT2D eigenvalue weighted by Crippen LogP contribution is 2.34. The third-order valence-corrected chi connectivity index (χ3v) is 4.20. The van der Waals surface area contributed by atoms with Crippen LogP contribution in [-0.4, -0.2) is 36.7 Å². The monoisotopic (exact) mass is 297 g/mol. The number of hydrogen-bond donors (Lipinski definition) is 0. The summed E-state index contributed by atoms with van der Waals surface area (Å²) in [6.07, 6.45) is 3.63. The van der Waals surface area contributed by atoms with E-state index < -0.39 is 0 Å². The van der Waals surface area contributed by atoms with Gasteiger partial charge in [0.1, 0.15) is 0 Å². The number of likely N-dealkylation sites (tertiary alicyclic amines) is 1. The zero-order chi connectivity index (χ0) is 15.8. The number of ether oxygens (including phenoxy) is 2. The second-order valence-electron chi connectivity index (χ2n) is 5.54. The van der Waals surface area contributed by atoms with Crippen LogP contribution in [0.15, 0.2) is 12.8 Å². The average Bonchev–Trinajstić information content (AvgIpc) is 2.47. The highest BCUT2D eigenvalue weighted by Gasteiger charge is 2.37. The van der Waals surface area contributed by atoms with E-state index in [9.17, 15) is 9.59 Å². The van der Waals surface area contributed by atoms with Crippen LogP contribution in [-0.2, 0) is 14.3 Å². The smallest absolute Gasteiger partial charge is 0.414 e. The van der Waals surface area contributed by atoms with Gasteiger partial charge in [-0.25, -0.2) is 4.79 Å². The molecule has 0 aromatic carbocycles. The summed E-state index contributed by atoms with van der Waals surface area (Å²) in [6, 6.07) is 0. The maximum absolute atomic E-state index is 12.0. The molecule has 1 rings (SSSR count). The van der Waals surface area contributed by atoms with Gasteiger partial charge in [-0.1, -0.05) is 26.8 Å². The van der Waals surface area contributed by atoms with E-state index in [-0.39, 0.29) is 23.9 Å². The fraction of sp³-hybridized carbons (Fsp3) is 0.750. The van der Waals surface area contributed by atoms with Gasteiger partial charge in [-0.2, -0.15) is 0 Å². The predicted octanol–water partition coefficient (Wildman–Crippen LogP) is 3.20. The van der Waals surface area contributed by atoms with Crippen molar-refractivity contribution in [3.05, 3.63) is 12.8 Å². The first-order chi connectivity index (χ1) is 10.0. The maximum atomic E-state index is 12.0. The lowest BCUT2D eigenvalue weighted by Crippen LogP contribution is -2.46. The molecule has 1 amide bonds. The molecule has 1 aliphatic rings. The summed E-state index contributed by atoms with van der Waals surface area (Å²) < 4.78 is 9.99. The minimum atomic E-state index is -0.353. The highest BCUT2D eigenvalue weighted by molar-refractivity contribution is 5.72. The molecule has 0 aromatic heterocycles. The first-order valence-electron chi connectivity index (χ1n) is 7.78. The van der Waals surface area contributed by atoms with Gasteiger partial charge in [0.25, 0.3) is 0 Å². The Morgan fingerprint density at radius 3 is 2.71 bits per heavy atom. The van der Waals surface area contributed by atoms with Crippen molar-refractivity contribution in [1.29, 1.82) is 0 Å². The summed E-state index contributed by atoms with van der Waals surface area (Å²) in [4.78, 5) is 25.5. The molecule has 0 N–H and O–H groups in total. The number of nitrogens with zero attached hydrogens (tertiary/aromatic N) is 1. The van der Waals surface area contributed by atoms with Crippen molar-refractivity contribution < 1.29 is 19.1 Å². The molecule has 0 radical (unpaired) electrons. The second-order valence-corrected chi connectivity index (χ2v) is 5.54. The molecule has 5 nitrogen and oxygen atoms in total. The van der Waals surface area contributed by atoms with Crippen LogP contribution in [0.3, 0.4) is 0 Å². The number of amides is 1. The molecular formula is C16H27NO4.